The van der Waals surface area contributed by atoms with Gasteiger partial charge < -0.3 is 9.64 Å². The van der Waals surface area contributed by atoms with Crippen LogP contribution in [0.25, 0.3) is 0 Å². The Kier molecular flexibility index (Phi) is 4.65. The monoisotopic (exact) mass is 336 g/mol. The summed E-state index contributed by atoms with van der Waals surface area (Å²) in [5.41, 5.74) is 4.57. The fourth-order valence-corrected chi connectivity index (χ4v) is 4.06. The summed E-state index contributed by atoms with van der Waals surface area (Å²) in [6.07, 6.45) is 11.2. The van der Waals surface area contributed by atoms with Crippen LogP contribution in [0.4, 0.5) is 5.69 Å². The zero-order valence-corrected chi connectivity index (χ0v) is 15.2. The third-order valence-corrected chi connectivity index (χ3v) is 5.91. The molecule has 0 unspecified atom stereocenters. The van der Waals surface area contributed by atoms with Crippen LogP contribution in [-0.4, -0.2) is 24.7 Å². The van der Waals surface area contributed by atoms with Crippen LogP contribution in [0.3, 0.4) is 0 Å². The SMILES string of the molecule is CC1(COc2ccc3c(c2)CCCC3)CCN(c2ccncc2)CC1. The van der Waals surface area contributed by atoms with Crippen LogP contribution in [0.2, 0.25) is 0 Å². The van der Waals surface area contributed by atoms with E-state index in [2.05, 4.69) is 47.1 Å². The molecule has 0 N–H and O–H groups in total. The van der Waals surface area contributed by atoms with Gasteiger partial charge in [0.05, 0.1) is 6.61 Å². The van der Waals surface area contributed by atoms with Gasteiger partial charge in [-0.2, -0.15) is 0 Å². The van der Waals surface area contributed by atoms with E-state index >= 15 is 0 Å². The van der Waals surface area contributed by atoms with Crippen LogP contribution in [0.1, 0.15) is 43.7 Å². The third kappa shape index (κ3) is 3.81. The first-order valence-corrected chi connectivity index (χ1v) is 9.62. The molecule has 1 saturated heterocycles. The van der Waals surface area contributed by atoms with Gasteiger partial charge >= 0.3 is 0 Å². The van der Waals surface area contributed by atoms with Gasteiger partial charge in [-0.15, -0.1) is 0 Å². The number of aromatic nitrogens is 1. The van der Waals surface area contributed by atoms with E-state index in [0.717, 1.165) is 25.4 Å². The number of fused-ring (bicyclic) bond motifs is 1. The molecule has 0 bridgehead atoms. The highest BCUT2D eigenvalue weighted by Crippen LogP contribution is 2.34. The maximum Gasteiger partial charge on any atom is 0.119 e. The molecule has 2 aromatic rings. The quantitative estimate of drug-likeness (QED) is 0.813. The first kappa shape index (κ1) is 16.4. The van der Waals surface area contributed by atoms with E-state index in [1.54, 1.807) is 0 Å². The zero-order chi connectivity index (χ0) is 17.1. The van der Waals surface area contributed by atoms with E-state index in [4.69, 9.17) is 4.74 Å². The lowest BCUT2D eigenvalue weighted by molar-refractivity contribution is 0.131. The first-order chi connectivity index (χ1) is 12.2. The maximum atomic E-state index is 6.23. The van der Waals surface area contributed by atoms with E-state index in [1.807, 2.05) is 12.4 Å². The summed E-state index contributed by atoms with van der Waals surface area (Å²) in [7, 11) is 0. The zero-order valence-electron chi connectivity index (χ0n) is 15.2. The Morgan fingerprint density at radius 1 is 1.00 bits per heavy atom. The normalized spacial score (nSPS) is 19.3. The Bertz CT molecular complexity index is 705. The highest BCUT2D eigenvalue weighted by Gasteiger charge is 2.31. The van der Waals surface area contributed by atoms with Crippen LogP contribution in [-0.2, 0) is 12.8 Å². The average Bonchev–Trinajstić information content (AvgIpc) is 2.68. The molecule has 1 aromatic heterocycles. The van der Waals surface area contributed by atoms with Gasteiger partial charge in [-0.1, -0.05) is 13.0 Å². The van der Waals surface area contributed by atoms with Crippen LogP contribution >= 0.6 is 0 Å². The van der Waals surface area contributed by atoms with Crippen molar-refractivity contribution in [2.45, 2.75) is 45.4 Å². The molecule has 0 spiro atoms. The molecule has 1 aliphatic carbocycles. The summed E-state index contributed by atoms with van der Waals surface area (Å²) in [6.45, 7) is 5.37. The summed E-state index contributed by atoms with van der Waals surface area (Å²) < 4.78 is 6.23. The van der Waals surface area contributed by atoms with E-state index in [9.17, 15) is 0 Å². The number of hydrogen-bond acceptors (Lipinski definition) is 3. The van der Waals surface area contributed by atoms with Gasteiger partial charge in [-0.3, -0.25) is 4.98 Å². The molecule has 25 heavy (non-hydrogen) atoms. The molecule has 3 heteroatoms. The minimum atomic E-state index is 0.263. The number of benzene rings is 1. The number of pyridine rings is 1. The first-order valence-electron chi connectivity index (χ1n) is 9.62. The molecule has 132 valence electrons. The van der Waals surface area contributed by atoms with Gasteiger partial charge in [0.15, 0.2) is 0 Å². The standard InChI is InChI=1S/C22H28N2O/c1-22(10-14-24(15-11-22)20-8-12-23-13-9-20)17-25-21-7-6-18-4-2-3-5-19(18)16-21/h6-9,12-13,16H,2-5,10-11,14-15,17H2,1H3. The predicted octanol–water partition coefficient (Wildman–Crippen LogP) is 4.65. The second-order valence-electron chi connectivity index (χ2n) is 7.93. The molecule has 2 aliphatic rings. The summed E-state index contributed by atoms with van der Waals surface area (Å²) in [5, 5.41) is 0. The lowest BCUT2D eigenvalue weighted by Gasteiger charge is -2.40. The molecular weight excluding hydrogens is 308 g/mol. The van der Waals surface area contributed by atoms with Crippen molar-refractivity contribution >= 4 is 5.69 Å². The lowest BCUT2D eigenvalue weighted by Crippen LogP contribution is -2.41. The van der Waals surface area contributed by atoms with Gasteiger partial charge in [0, 0.05) is 36.6 Å². The van der Waals surface area contributed by atoms with Gasteiger partial charge in [0.1, 0.15) is 5.75 Å². The van der Waals surface area contributed by atoms with Crippen LogP contribution in [0.15, 0.2) is 42.7 Å². The molecule has 0 radical (unpaired) electrons. The summed E-state index contributed by atoms with van der Waals surface area (Å²) >= 11 is 0. The van der Waals surface area contributed by atoms with Gasteiger partial charge in [-0.25, -0.2) is 0 Å². The number of nitrogens with zero attached hydrogens (tertiary/aromatic N) is 2. The molecule has 4 rings (SSSR count). The topological polar surface area (TPSA) is 25.4 Å². The number of ether oxygens (including phenoxy) is 1. The van der Waals surface area contributed by atoms with Gasteiger partial charge in [-0.05, 0) is 73.9 Å². The van der Waals surface area contributed by atoms with Crippen molar-refractivity contribution in [1.82, 2.24) is 4.98 Å². The molecule has 1 fully saturated rings. The lowest BCUT2D eigenvalue weighted by atomic mass is 9.81. The maximum absolute atomic E-state index is 6.23. The van der Waals surface area contributed by atoms with Crippen LogP contribution in [0.5, 0.6) is 5.75 Å². The number of anilines is 1. The number of piperidine rings is 1. The van der Waals surface area contributed by atoms with Crippen LogP contribution in [0, 0.1) is 5.41 Å². The van der Waals surface area contributed by atoms with Gasteiger partial charge in [0.2, 0.25) is 0 Å². The van der Waals surface area contributed by atoms with Crippen molar-refractivity contribution in [2.75, 3.05) is 24.6 Å². The molecule has 0 amide bonds. The molecular formula is C22H28N2O. The van der Waals surface area contributed by atoms with Crippen molar-refractivity contribution in [2.24, 2.45) is 5.41 Å². The number of hydrogen-bond donors (Lipinski definition) is 0. The van der Waals surface area contributed by atoms with Crippen molar-refractivity contribution in [3.8, 4) is 5.75 Å². The van der Waals surface area contributed by atoms with Crippen molar-refractivity contribution in [3.05, 3.63) is 53.9 Å². The Hall–Kier alpha value is -2.03. The minimum absolute atomic E-state index is 0.263. The second kappa shape index (κ2) is 7.07. The molecule has 1 aliphatic heterocycles. The third-order valence-electron chi connectivity index (χ3n) is 5.91. The predicted molar refractivity (Wildman–Crippen MR) is 102 cm³/mol. The average molecular weight is 336 g/mol. The minimum Gasteiger partial charge on any atom is -0.493 e. The molecule has 2 heterocycles. The Balaban J connectivity index is 1.34. The molecule has 0 atom stereocenters. The summed E-state index contributed by atoms with van der Waals surface area (Å²) in [6, 6.07) is 10.9. The van der Waals surface area contributed by atoms with Crippen molar-refractivity contribution in [3.63, 3.8) is 0 Å². The van der Waals surface area contributed by atoms with E-state index in [-0.39, 0.29) is 5.41 Å². The number of aryl methyl sites for hydroxylation is 2. The van der Waals surface area contributed by atoms with Crippen LogP contribution < -0.4 is 9.64 Å². The molecule has 1 aromatic carbocycles. The fraction of sp³-hybridized carbons (Fsp3) is 0.500. The second-order valence-corrected chi connectivity index (χ2v) is 7.93. The number of rotatable bonds is 4. The highest BCUT2D eigenvalue weighted by atomic mass is 16.5. The molecule has 3 nitrogen and oxygen atoms in total. The Morgan fingerprint density at radius 2 is 1.72 bits per heavy atom. The fourth-order valence-electron chi connectivity index (χ4n) is 4.06. The summed E-state index contributed by atoms with van der Waals surface area (Å²) in [5.74, 6) is 1.05. The Labute approximate surface area is 151 Å². The van der Waals surface area contributed by atoms with E-state index in [0.29, 0.717) is 0 Å². The van der Waals surface area contributed by atoms with E-state index in [1.165, 1.54) is 55.3 Å². The summed E-state index contributed by atoms with van der Waals surface area (Å²) in [4.78, 5) is 6.58. The van der Waals surface area contributed by atoms with Crippen molar-refractivity contribution < 1.29 is 4.74 Å². The van der Waals surface area contributed by atoms with Crippen molar-refractivity contribution in [1.29, 1.82) is 0 Å². The smallest absolute Gasteiger partial charge is 0.119 e. The van der Waals surface area contributed by atoms with Gasteiger partial charge in [0.25, 0.3) is 0 Å². The van der Waals surface area contributed by atoms with E-state index < -0.39 is 0 Å². The Morgan fingerprint density at radius 3 is 2.48 bits per heavy atom. The highest BCUT2D eigenvalue weighted by molar-refractivity contribution is 5.45. The molecule has 0 saturated carbocycles. The largest absolute Gasteiger partial charge is 0.493 e.